The van der Waals surface area contributed by atoms with Gasteiger partial charge < -0.3 is 20.5 Å². The van der Waals surface area contributed by atoms with Gasteiger partial charge in [-0.25, -0.2) is 4.79 Å². The van der Waals surface area contributed by atoms with E-state index in [1.807, 2.05) is 19.9 Å². The standard InChI is InChI=1S/C16H25ClN2O3/c1-4-22-15-8-14(17)6-5-13(15)10-19-16(21)18-9-11(2)7-12(3)20/h5-6,8,11-12,20H,4,7,9-10H2,1-3H3,(H2,18,19,21). The van der Waals surface area contributed by atoms with Crippen molar-refractivity contribution in [1.29, 1.82) is 0 Å². The topological polar surface area (TPSA) is 70.6 Å². The zero-order chi connectivity index (χ0) is 16.5. The third-order valence-electron chi connectivity index (χ3n) is 3.12. The van der Waals surface area contributed by atoms with E-state index < -0.39 is 0 Å². The van der Waals surface area contributed by atoms with Crippen molar-refractivity contribution in [2.45, 2.75) is 39.8 Å². The molecule has 22 heavy (non-hydrogen) atoms. The van der Waals surface area contributed by atoms with E-state index in [9.17, 15) is 9.90 Å². The smallest absolute Gasteiger partial charge is 0.315 e. The van der Waals surface area contributed by atoms with Gasteiger partial charge in [0.25, 0.3) is 0 Å². The summed E-state index contributed by atoms with van der Waals surface area (Å²) < 4.78 is 5.51. The Morgan fingerprint density at radius 3 is 2.73 bits per heavy atom. The zero-order valence-electron chi connectivity index (χ0n) is 13.4. The van der Waals surface area contributed by atoms with Crippen LogP contribution in [0.4, 0.5) is 4.79 Å². The molecule has 3 N–H and O–H groups in total. The molecule has 2 atom stereocenters. The minimum absolute atomic E-state index is 0.222. The number of hydrogen-bond acceptors (Lipinski definition) is 3. The summed E-state index contributed by atoms with van der Waals surface area (Å²) in [5.41, 5.74) is 0.874. The maximum atomic E-state index is 11.8. The summed E-state index contributed by atoms with van der Waals surface area (Å²) >= 11 is 5.94. The molecule has 0 fully saturated rings. The Bertz CT molecular complexity index is 480. The van der Waals surface area contributed by atoms with E-state index in [0.29, 0.717) is 36.9 Å². The van der Waals surface area contributed by atoms with E-state index in [4.69, 9.17) is 16.3 Å². The Hall–Kier alpha value is -1.46. The van der Waals surface area contributed by atoms with Crippen LogP contribution in [0, 0.1) is 5.92 Å². The molecule has 6 heteroatoms. The fourth-order valence-corrected chi connectivity index (χ4v) is 2.30. The number of carbonyl (C=O) groups is 1. The summed E-state index contributed by atoms with van der Waals surface area (Å²) in [5, 5.41) is 15.5. The fraction of sp³-hybridized carbons (Fsp3) is 0.562. The highest BCUT2D eigenvalue weighted by Gasteiger charge is 2.09. The molecular formula is C16H25ClN2O3. The van der Waals surface area contributed by atoms with Crippen LogP contribution in [0.5, 0.6) is 5.75 Å². The molecular weight excluding hydrogens is 304 g/mol. The average molecular weight is 329 g/mol. The van der Waals surface area contributed by atoms with Gasteiger partial charge in [0.1, 0.15) is 5.75 Å². The molecule has 0 aliphatic rings. The molecule has 0 bridgehead atoms. The number of aliphatic hydroxyl groups excluding tert-OH is 1. The van der Waals surface area contributed by atoms with E-state index in [2.05, 4.69) is 10.6 Å². The third kappa shape index (κ3) is 7.00. The average Bonchev–Trinajstić information content (AvgIpc) is 2.44. The van der Waals surface area contributed by atoms with E-state index in [-0.39, 0.29) is 18.1 Å². The first-order chi connectivity index (χ1) is 10.4. The van der Waals surface area contributed by atoms with Crippen LogP contribution < -0.4 is 15.4 Å². The predicted molar refractivity (Wildman–Crippen MR) is 88.3 cm³/mol. The first kappa shape index (κ1) is 18.6. The lowest BCUT2D eigenvalue weighted by molar-refractivity contribution is 0.163. The summed E-state index contributed by atoms with van der Waals surface area (Å²) in [6, 6.07) is 5.10. The Morgan fingerprint density at radius 1 is 1.36 bits per heavy atom. The molecule has 0 radical (unpaired) electrons. The van der Waals surface area contributed by atoms with Crippen LogP contribution >= 0.6 is 11.6 Å². The maximum Gasteiger partial charge on any atom is 0.315 e. The van der Waals surface area contributed by atoms with Crippen LogP contribution in [0.2, 0.25) is 5.02 Å². The Balaban J connectivity index is 2.44. The van der Waals surface area contributed by atoms with Crippen LogP contribution in [-0.4, -0.2) is 30.4 Å². The second kappa shape index (κ2) is 9.54. The largest absolute Gasteiger partial charge is 0.493 e. The summed E-state index contributed by atoms with van der Waals surface area (Å²) in [5.74, 6) is 0.901. The molecule has 0 aromatic heterocycles. The lowest BCUT2D eigenvalue weighted by Crippen LogP contribution is -2.37. The maximum absolute atomic E-state index is 11.8. The van der Waals surface area contributed by atoms with Crippen LogP contribution in [0.3, 0.4) is 0 Å². The van der Waals surface area contributed by atoms with Gasteiger partial charge in [0.15, 0.2) is 0 Å². The number of amides is 2. The molecule has 0 aliphatic heterocycles. The highest BCUT2D eigenvalue weighted by Crippen LogP contribution is 2.23. The second-order valence-corrected chi connectivity index (χ2v) is 5.87. The molecule has 0 saturated carbocycles. The zero-order valence-corrected chi connectivity index (χ0v) is 14.1. The summed E-state index contributed by atoms with van der Waals surface area (Å²) in [7, 11) is 0. The number of hydrogen-bond donors (Lipinski definition) is 3. The van der Waals surface area contributed by atoms with Crippen molar-refractivity contribution in [3.8, 4) is 5.75 Å². The van der Waals surface area contributed by atoms with Gasteiger partial charge in [-0.05, 0) is 38.3 Å². The number of carbonyl (C=O) groups excluding carboxylic acids is 1. The van der Waals surface area contributed by atoms with Crippen LogP contribution in [0.25, 0.3) is 0 Å². The van der Waals surface area contributed by atoms with Gasteiger partial charge in [-0.15, -0.1) is 0 Å². The second-order valence-electron chi connectivity index (χ2n) is 5.44. The molecule has 5 nitrogen and oxygen atoms in total. The van der Waals surface area contributed by atoms with Crippen LogP contribution in [-0.2, 0) is 6.54 Å². The van der Waals surface area contributed by atoms with Gasteiger partial charge >= 0.3 is 6.03 Å². The summed E-state index contributed by atoms with van der Waals surface area (Å²) in [4.78, 5) is 11.8. The minimum atomic E-state index is -0.359. The lowest BCUT2D eigenvalue weighted by Gasteiger charge is -2.15. The number of nitrogens with one attached hydrogen (secondary N) is 2. The number of ether oxygens (including phenoxy) is 1. The van der Waals surface area contributed by atoms with Gasteiger partial charge in [-0.1, -0.05) is 24.6 Å². The number of benzene rings is 1. The monoisotopic (exact) mass is 328 g/mol. The molecule has 0 saturated heterocycles. The Labute approximate surface area is 137 Å². The van der Waals surface area contributed by atoms with Crippen molar-refractivity contribution >= 4 is 17.6 Å². The lowest BCUT2D eigenvalue weighted by atomic mass is 10.1. The van der Waals surface area contributed by atoms with Crippen LogP contribution in [0.1, 0.15) is 32.8 Å². The van der Waals surface area contributed by atoms with Crippen LogP contribution in [0.15, 0.2) is 18.2 Å². The molecule has 2 unspecified atom stereocenters. The SMILES string of the molecule is CCOc1cc(Cl)ccc1CNC(=O)NCC(C)CC(C)O. The molecule has 0 aliphatic carbocycles. The Morgan fingerprint density at radius 2 is 2.09 bits per heavy atom. The molecule has 0 spiro atoms. The van der Waals surface area contributed by atoms with Crippen molar-refractivity contribution < 1.29 is 14.6 Å². The molecule has 2 amide bonds. The predicted octanol–water partition coefficient (Wildman–Crippen LogP) is 2.94. The molecule has 1 aromatic carbocycles. The number of halogens is 1. The normalized spacial score (nSPS) is 13.3. The van der Waals surface area contributed by atoms with Gasteiger partial charge in [-0.2, -0.15) is 0 Å². The minimum Gasteiger partial charge on any atom is -0.493 e. The fourth-order valence-electron chi connectivity index (χ4n) is 2.13. The number of rotatable bonds is 8. The first-order valence-electron chi connectivity index (χ1n) is 7.53. The van der Waals surface area contributed by atoms with Gasteiger partial charge in [-0.3, -0.25) is 0 Å². The highest BCUT2D eigenvalue weighted by molar-refractivity contribution is 6.30. The van der Waals surface area contributed by atoms with Gasteiger partial charge in [0.05, 0.1) is 12.7 Å². The Kier molecular flexibility index (Phi) is 8.06. The quantitative estimate of drug-likeness (QED) is 0.687. The van der Waals surface area contributed by atoms with Gasteiger partial charge in [0.2, 0.25) is 0 Å². The molecule has 0 heterocycles. The summed E-state index contributed by atoms with van der Waals surface area (Å²) in [6.45, 7) is 7.05. The van der Waals surface area contributed by atoms with E-state index in [1.54, 1.807) is 19.1 Å². The number of urea groups is 1. The van der Waals surface area contributed by atoms with Crippen molar-refractivity contribution in [1.82, 2.24) is 10.6 Å². The van der Waals surface area contributed by atoms with E-state index in [0.717, 1.165) is 5.56 Å². The van der Waals surface area contributed by atoms with Crippen molar-refractivity contribution in [2.75, 3.05) is 13.2 Å². The van der Waals surface area contributed by atoms with E-state index in [1.165, 1.54) is 0 Å². The van der Waals surface area contributed by atoms with Gasteiger partial charge in [0, 0.05) is 23.7 Å². The van der Waals surface area contributed by atoms with Crippen molar-refractivity contribution in [3.63, 3.8) is 0 Å². The molecule has 1 rings (SSSR count). The molecule has 1 aromatic rings. The molecule has 124 valence electrons. The third-order valence-corrected chi connectivity index (χ3v) is 3.36. The van der Waals surface area contributed by atoms with E-state index >= 15 is 0 Å². The summed E-state index contributed by atoms with van der Waals surface area (Å²) in [6.07, 6.45) is 0.300. The van der Waals surface area contributed by atoms with Crippen molar-refractivity contribution in [2.24, 2.45) is 5.92 Å². The number of aliphatic hydroxyl groups is 1. The van der Waals surface area contributed by atoms with Crippen molar-refractivity contribution in [3.05, 3.63) is 28.8 Å². The highest BCUT2D eigenvalue weighted by atomic mass is 35.5. The first-order valence-corrected chi connectivity index (χ1v) is 7.91.